The fourth-order valence-electron chi connectivity index (χ4n) is 1.61. The van der Waals surface area contributed by atoms with E-state index in [1.165, 1.54) is 5.57 Å². The highest BCUT2D eigenvalue weighted by molar-refractivity contribution is 5.43. The van der Waals surface area contributed by atoms with Gasteiger partial charge in [0.1, 0.15) is 11.8 Å². The van der Waals surface area contributed by atoms with Gasteiger partial charge in [-0.3, -0.25) is 0 Å². The summed E-state index contributed by atoms with van der Waals surface area (Å²) >= 11 is 0. The van der Waals surface area contributed by atoms with Gasteiger partial charge >= 0.3 is 0 Å². The Morgan fingerprint density at radius 3 is 3.06 bits per heavy atom. The third-order valence-electron chi connectivity index (χ3n) is 2.56. The van der Waals surface area contributed by atoms with E-state index in [1.807, 2.05) is 12.1 Å². The summed E-state index contributed by atoms with van der Waals surface area (Å²) in [6.45, 7) is 2.87. The van der Waals surface area contributed by atoms with E-state index in [4.69, 9.17) is 5.26 Å². The molecule has 4 nitrogen and oxygen atoms in total. The Bertz CT molecular complexity index is 414. The van der Waals surface area contributed by atoms with Gasteiger partial charge < -0.3 is 10.6 Å². The van der Waals surface area contributed by atoms with Gasteiger partial charge in [-0.15, -0.1) is 0 Å². The highest BCUT2D eigenvalue weighted by Gasteiger charge is 2.02. The molecule has 0 amide bonds. The summed E-state index contributed by atoms with van der Waals surface area (Å²) in [6.07, 6.45) is 5.00. The molecule has 0 radical (unpaired) electrons. The highest BCUT2D eigenvalue weighted by atomic mass is 14.9. The van der Waals surface area contributed by atoms with E-state index in [9.17, 15) is 0 Å². The zero-order valence-electron chi connectivity index (χ0n) is 9.03. The number of nitrogens with one attached hydrogen (secondary N) is 2. The summed E-state index contributed by atoms with van der Waals surface area (Å²) in [4.78, 5) is 4.01. The van der Waals surface area contributed by atoms with Crippen molar-refractivity contribution in [2.75, 3.05) is 25.0 Å². The maximum atomic E-state index is 8.61. The Labute approximate surface area is 95.0 Å². The standard InChI is InChI=1S/C12H14N4/c13-7-11-1-2-12(9-16-11)15-8-10-3-5-14-6-4-10/h1-3,9,14-15H,4-6,8H2. The molecule has 16 heavy (non-hydrogen) atoms. The van der Waals surface area contributed by atoms with Crippen LogP contribution in [0.1, 0.15) is 12.1 Å². The monoisotopic (exact) mass is 214 g/mol. The zero-order valence-corrected chi connectivity index (χ0v) is 9.03. The van der Waals surface area contributed by atoms with Crippen molar-refractivity contribution in [3.8, 4) is 6.07 Å². The Balaban J connectivity index is 1.89. The van der Waals surface area contributed by atoms with E-state index in [-0.39, 0.29) is 0 Å². The maximum Gasteiger partial charge on any atom is 0.140 e. The first kappa shape index (κ1) is 10.7. The molecule has 0 bridgehead atoms. The molecule has 0 aliphatic carbocycles. The lowest BCUT2D eigenvalue weighted by molar-refractivity contribution is 0.698. The number of hydrogen-bond donors (Lipinski definition) is 2. The molecular formula is C12H14N4. The smallest absolute Gasteiger partial charge is 0.140 e. The highest BCUT2D eigenvalue weighted by Crippen LogP contribution is 2.09. The molecular weight excluding hydrogens is 200 g/mol. The van der Waals surface area contributed by atoms with Crippen molar-refractivity contribution in [1.29, 1.82) is 5.26 Å². The topological polar surface area (TPSA) is 60.7 Å². The molecule has 2 N–H and O–H groups in total. The Hall–Kier alpha value is -1.86. The number of nitriles is 1. The van der Waals surface area contributed by atoms with Crippen LogP contribution in [0.4, 0.5) is 5.69 Å². The van der Waals surface area contributed by atoms with Crippen LogP contribution in [-0.2, 0) is 0 Å². The van der Waals surface area contributed by atoms with Crippen LogP contribution in [0.15, 0.2) is 30.0 Å². The number of nitrogens with zero attached hydrogens (tertiary/aromatic N) is 2. The summed E-state index contributed by atoms with van der Waals surface area (Å²) in [5, 5.41) is 15.2. The average Bonchev–Trinajstić information content (AvgIpc) is 2.38. The number of hydrogen-bond acceptors (Lipinski definition) is 4. The summed E-state index contributed by atoms with van der Waals surface area (Å²) < 4.78 is 0. The van der Waals surface area contributed by atoms with E-state index in [2.05, 4.69) is 21.7 Å². The molecule has 1 aromatic heterocycles. The molecule has 1 aliphatic heterocycles. The van der Waals surface area contributed by atoms with Gasteiger partial charge in [0, 0.05) is 13.1 Å². The van der Waals surface area contributed by atoms with Crippen LogP contribution in [0, 0.1) is 11.3 Å². The molecule has 4 heteroatoms. The van der Waals surface area contributed by atoms with Crippen LogP contribution in [0.25, 0.3) is 0 Å². The van der Waals surface area contributed by atoms with E-state index >= 15 is 0 Å². The summed E-state index contributed by atoms with van der Waals surface area (Å²) in [7, 11) is 0. The first-order valence-electron chi connectivity index (χ1n) is 5.37. The fourth-order valence-corrected chi connectivity index (χ4v) is 1.61. The third kappa shape index (κ3) is 2.81. The largest absolute Gasteiger partial charge is 0.380 e. The van der Waals surface area contributed by atoms with Gasteiger partial charge in [0.25, 0.3) is 0 Å². The first-order chi connectivity index (χ1) is 7.88. The van der Waals surface area contributed by atoms with Crippen molar-refractivity contribution in [3.05, 3.63) is 35.7 Å². The van der Waals surface area contributed by atoms with Gasteiger partial charge in [-0.05, 0) is 25.1 Å². The van der Waals surface area contributed by atoms with Crippen LogP contribution >= 0.6 is 0 Å². The molecule has 0 spiro atoms. The van der Waals surface area contributed by atoms with E-state index < -0.39 is 0 Å². The summed E-state index contributed by atoms with van der Waals surface area (Å²) in [6, 6.07) is 5.60. The fraction of sp³-hybridized carbons (Fsp3) is 0.333. The first-order valence-corrected chi connectivity index (χ1v) is 5.37. The van der Waals surface area contributed by atoms with Gasteiger partial charge in [0.2, 0.25) is 0 Å². The van der Waals surface area contributed by atoms with Crippen molar-refractivity contribution < 1.29 is 0 Å². The average molecular weight is 214 g/mol. The molecule has 1 aromatic rings. The predicted molar refractivity (Wildman–Crippen MR) is 63.0 cm³/mol. The molecule has 82 valence electrons. The second-order valence-electron chi connectivity index (χ2n) is 3.71. The zero-order chi connectivity index (χ0) is 11.2. The second kappa shape index (κ2) is 5.29. The minimum Gasteiger partial charge on any atom is -0.380 e. The lowest BCUT2D eigenvalue weighted by atomic mass is 10.1. The van der Waals surface area contributed by atoms with Crippen molar-refractivity contribution >= 4 is 5.69 Å². The van der Waals surface area contributed by atoms with Crippen molar-refractivity contribution in [3.63, 3.8) is 0 Å². The molecule has 0 saturated heterocycles. The Morgan fingerprint density at radius 1 is 1.50 bits per heavy atom. The molecule has 0 aromatic carbocycles. The number of rotatable bonds is 3. The molecule has 2 rings (SSSR count). The maximum absolute atomic E-state index is 8.61. The molecule has 2 heterocycles. The predicted octanol–water partition coefficient (Wildman–Crippen LogP) is 1.28. The Kier molecular flexibility index (Phi) is 3.52. The number of anilines is 1. The van der Waals surface area contributed by atoms with E-state index in [0.717, 1.165) is 31.7 Å². The molecule has 1 aliphatic rings. The SMILES string of the molecule is N#Cc1ccc(NCC2=CCNCC2)cn1. The van der Waals surface area contributed by atoms with Crippen molar-refractivity contribution in [2.45, 2.75) is 6.42 Å². The third-order valence-corrected chi connectivity index (χ3v) is 2.56. The van der Waals surface area contributed by atoms with Crippen LogP contribution in [0.5, 0.6) is 0 Å². The lowest BCUT2D eigenvalue weighted by Gasteiger charge is -2.15. The van der Waals surface area contributed by atoms with E-state index in [1.54, 1.807) is 12.3 Å². The van der Waals surface area contributed by atoms with Gasteiger partial charge in [-0.2, -0.15) is 5.26 Å². The lowest BCUT2D eigenvalue weighted by Crippen LogP contribution is -2.23. The quantitative estimate of drug-likeness (QED) is 0.744. The van der Waals surface area contributed by atoms with Crippen LogP contribution in [-0.4, -0.2) is 24.6 Å². The number of aromatic nitrogens is 1. The van der Waals surface area contributed by atoms with Crippen molar-refractivity contribution in [2.24, 2.45) is 0 Å². The van der Waals surface area contributed by atoms with Gasteiger partial charge in [-0.25, -0.2) is 4.98 Å². The summed E-state index contributed by atoms with van der Waals surface area (Å²) in [5.74, 6) is 0. The molecule has 0 saturated carbocycles. The van der Waals surface area contributed by atoms with E-state index in [0.29, 0.717) is 5.69 Å². The van der Waals surface area contributed by atoms with Crippen LogP contribution in [0.2, 0.25) is 0 Å². The van der Waals surface area contributed by atoms with Crippen molar-refractivity contribution in [1.82, 2.24) is 10.3 Å². The molecule has 0 fully saturated rings. The minimum absolute atomic E-state index is 0.451. The molecule has 0 atom stereocenters. The minimum atomic E-state index is 0.451. The Morgan fingerprint density at radius 2 is 2.44 bits per heavy atom. The van der Waals surface area contributed by atoms with Crippen LogP contribution in [0.3, 0.4) is 0 Å². The van der Waals surface area contributed by atoms with Gasteiger partial charge in [-0.1, -0.05) is 11.6 Å². The number of pyridine rings is 1. The second-order valence-corrected chi connectivity index (χ2v) is 3.71. The molecule has 0 unspecified atom stereocenters. The summed E-state index contributed by atoms with van der Waals surface area (Å²) in [5.41, 5.74) is 2.83. The van der Waals surface area contributed by atoms with Gasteiger partial charge in [0.05, 0.1) is 11.9 Å². The van der Waals surface area contributed by atoms with Gasteiger partial charge in [0.15, 0.2) is 0 Å². The van der Waals surface area contributed by atoms with Crippen LogP contribution < -0.4 is 10.6 Å². The normalized spacial score (nSPS) is 15.1.